The van der Waals surface area contributed by atoms with Gasteiger partial charge in [-0.2, -0.15) is 0 Å². The Morgan fingerprint density at radius 1 is 0.857 bits per heavy atom. The quantitative estimate of drug-likeness (QED) is 0.418. The van der Waals surface area contributed by atoms with Crippen molar-refractivity contribution in [3.8, 4) is 39.9 Å². The molecule has 35 heavy (non-hydrogen) atoms. The Bertz CT molecular complexity index is 1670. The number of para-hydroxylation sites is 2. The molecule has 0 aliphatic heterocycles. The smallest absolute Gasteiger partial charge is 0.332 e. The van der Waals surface area contributed by atoms with Crippen LogP contribution in [0, 0.1) is 0 Å². The van der Waals surface area contributed by atoms with Crippen LogP contribution in [0.15, 0.2) is 52.1 Å². The molecule has 0 saturated carbocycles. The molecule has 0 spiro atoms. The largest absolute Gasteiger partial charge is 0.493 e. The molecule has 5 aromatic rings. The minimum Gasteiger partial charge on any atom is -0.493 e. The van der Waals surface area contributed by atoms with Crippen molar-refractivity contribution < 1.29 is 14.2 Å². The SMILES string of the molecule is COc1cc(-c2nc3c(cc2-c2nc4ccccc4[nH]2)c(=O)n(C)c(=O)n3C)cc(OC)c1OC. The standard InChI is InChI=1S/C25H23N5O5/c1-29-23-15(24(31)30(2)25(29)32)12-14(22-26-16-8-6-7-9-17(16)27-22)20(28-23)13-10-18(33-3)21(35-5)19(11-13)34-4/h6-12H,1-5H3,(H,26,27). The zero-order valence-corrected chi connectivity index (χ0v) is 19.9. The molecule has 10 nitrogen and oxygen atoms in total. The number of nitrogens with one attached hydrogen (secondary N) is 1. The van der Waals surface area contributed by atoms with E-state index in [0.29, 0.717) is 45.3 Å². The molecule has 1 N–H and O–H groups in total. The number of aromatic amines is 1. The van der Waals surface area contributed by atoms with Gasteiger partial charge in [0.25, 0.3) is 5.56 Å². The molecule has 3 heterocycles. The lowest BCUT2D eigenvalue weighted by Crippen LogP contribution is -2.37. The van der Waals surface area contributed by atoms with Crippen molar-refractivity contribution in [1.29, 1.82) is 0 Å². The normalized spacial score (nSPS) is 11.2. The summed E-state index contributed by atoms with van der Waals surface area (Å²) in [5.74, 6) is 1.85. The molecule has 0 saturated heterocycles. The van der Waals surface area contributed by atoms with E-state index in [9.17, 15) is 9.59 Å². The maximum absolute atomic E-state index is 13.0. The van der Waals surface area contributed by atoms with Gasteiger partial charge in [-0.3, -0.25) is 13.9 Å². The first-order valence-electron chi connectivity index (χ1n) is 10.7. The molecular weight excluding hydrogens is 450 g/mol. The molecule has 0 amide bonds. The van der Waals surface area contributed by atoms with Crippen LogP contribution in [0.2, 0.25) is 0 Å². The highest BCUT2D eigenvalue weighted by Gasteiger charge is 2.22. The van der Waals surface area contributed by atoms with Gasteiger partial charge < -0.3 is 19.2 Å². The Morgan fingerprint density at radius 2 is 1.54 bits per heavy atom. The van der Waals surface area contributed by atoms with Crippen molar-refractivity contribution in [2.75, 3.05) is 21.3 Å². The van der Waals surface area contributed by atoms with Crippen molar-refractivity contribution in [3.05, 3.63) is 63.3 Å². The highest BCUT2D eigenvalue weighted by atomic mass is 16.5. The Kier molecular flexibility index (Phi) is 5.28. The van der Waals surface area contributed by atoms with E-state index in [1.54, 1.807) is 25.2 Å². The highest BCUT2D eigenvalue weighted by Crippen LogP contribution is 2.43. The van der Waals surface area contributed by atoms with Gasteiger partial charge in [0.05, 0.1) is 43.4 Å². The van der Waals surface area contributed by atoms with Gasteiger partial charge in [-0.1, -0.05) is 12.1 Å². The van der Waals surface area contributed by atoms with Crippen molar-refractivity contribution in [2.45, 2.75) is 0 Å². The molecule has 0 aliphatic rings. The van der Waals surface area contributed by atoms with E-state index in [-0.39, 0.29) is 5.65 Å². The van der Waals surface area contributed by atoms with Crippen molar-refractivity contribution in [2.24, 2.45) is 14.1 Å². The van der Waals surface area contributed by atoms with E-state index in [0.717, 1.165) is 15.6 Å². The molecule has 0 atom stereocenters. The van der Waals surface area contributed by atoms with Crippen molar-refractivity contribution >= 4 is 22.1 Å². The maximum Gasteiger partial charge on any atom is 0.332 e. The van der Waals surface area contributed by atoms with E-state index in [1.807, 2.05) is 24.3 Å². The Labute approximate surface area is 199 Å². The van der Waals surface area contributed by atoms with Crippen LogP contribution in [-0.4, -0.2) is 45.4 Å². The molecule has 0 radical (unpaired) electrons. The van der Waals surface area contributed by atoms with Gasteiger partial charge >= 0.3 is 5.69 Å². The van der Waals surface area contributed by atoms with Crippen LogP contribution in [0.1, 0.15) is 0 Å². The molecule has 0 bridgehead atoms. The molecule has 5 rings (SSSR count). The second-order valence-corrected chi connectivity index (χ2v) is 7.98. The first-order valence-corrected chi connectivity index (χ1v) is 10.7. The van der Waals surface area contributed by atoms with Crippen LogP contribution in [0.4, 0.5) is 0 Å². The van der Waals surface area contributed by atoms with Crippen LogP contribution in [-0.2, 0) is 14.1 Å². The maximum atomic E-state index is 13.0. The van der Waals surface area contributed by atoms with E-state index in [4.69, 9.17) is 24.2 Å². The monoisotopic (exact) mass is 473 g/mol. The fourth-order valence-electron chi connectivity index (χ4n) is 4.20. The molecule has 3 aromatic heterocycles. The third kappa shape index (κ3) is 3.41. The average Bonchev–Trinajstić information content (AvgIpc) is 3.33. The predicted octanol–water partition coefficient (Wildman–Crippen LogP) is 2.87. The topological polar surface area (TPSA) is 113 Å². The molecule has 0 fully saturated rings. The van der Waals surface area contributed by atoms with Crippen molar-refractivity contribution in [3.63, 3.8) is 0 Å². The zero-order chi connectivity index (χ0) is 24.9. The van der Waals surface area contributed by atoms with Gasteiger partial charge in [0, 0.05) is 25.2 Å². The number of methoxy groups -OCH3 is 3. The van der Waals surface area contributed by atoms with Gasteiger partial charge in [-0.15, -0.1) is 0 Å². The summed E-state index contributed by atoms with van der Waals surface area (Å²) in [5, 5.41) is 0.293. The molecule has 10 heteroatoms. The lowest BCUT2D eigenvalue weighted by atomic mass is 10.0. The van der Waals surface area contributed by atoms with Crippen LogP contribution >= 0.6 is 0 Å². The number of nitrogens with zero attached hydrogens (tertiary/aromatic N) is 4. The van der Waals surface area contributed by atoms with E-state index >= 15 is 0 Å². The number of hydrogen-bond acceptors (Lipinski definition) is 7. The average molecular weight is 473 g/mol. The Balaban J connectivity index is 1.92. The summed E-state index contributed by atoms with van der Waals surface area (Å²) in [6.45, 7) is 0. The first kappa shape index (κ1) is 22.2. The Morgan fingerprint density at radius 3 is 2.17 bits per heavy atom. The van der Waals surface area contributed by atoms with Gasteiger partial charge in [0.2, 0.25) is 5.75 Å². The molecule has 178 valence electrons. The fourth-order valence-corrected chi connectivity index (χ4v) is 4.20. The van der Waals surface area contributed by atoms with E-state index in [2.05, 4.69) is 4.98 Å². The number of imidazole rings is 1. The number of benzene rings is 2. The summed E-state index contributed by atoms with van der Waals surface area (Å²) >= 11 is 0. The fraction of sp³-hybridized carbons (Fsp3) is 0.200. The van der Waals surface area contributed by atoms with Gasteiger partial charge in [-0.05, 0) is 30.3 Å². The molecule has 2 aromatic carbocycles. The van der Waals surface area contributed by atoms with E-state index < -0.39 is 11.2 Å². The lowest BCUT2D eigenvalue weighted by molar-refractivity contribution is 0.324. The van der Waals surface area contributed by atoms with Crippen LogP contribution in [0.5, 0.6) is 17.2 Å². The van der Waals surface area contributed by atoms with Gasteiger partial charge in [0.15, 0.2) is 11.5 Å². The van der Waals surface area contributed by atoms with Crippen LogP contribution in [0.25, 0.3) is 44.7 Å². The number of pyridine rings is 1. The molecular formula is C25H23N5O5. The van der Waals surface area contributed by atoms with Crippen LogP contribution in [0.3, 0.4) is 0 Å². The second-order valence-electron chi connectivity index (χ2n) is 7.98. The van der Waals surface area contributed by atoms with Crippen LogP contribution < -0.4 is 25.5 Å². The summed E-state index contributed by atoms with van der Waals surface area (Å²) in [6.07, 6.45) is 0. The molecule has 0 unspecified atom stereocenters. The third-order valence-electron chi connectivity index (χ3n) is 6.01. The number of H-pyrrole nitrogens is 1. The highest BCUT2D eigenvalue weighted by molar-refractivity contribution is 5.91. The summed E-state index contributed by atoms with van der Waals surface area (Å²) in [7, 11) is 7.61. The number of ether oxygens (including phenoxy) is 3. The zero-order valence-electron chi connectivity index (χ0n) is 19.9. The van der Waals surface area contributed by atoms with Crippen molar-refractivity contribution in [1.82, 2.24) is 24.1 Å². The molecule has 0 aliphatic carbocycles. The third-order valence-corrected chi connectivity index (χ3v) is 6.01. The van der Waals surface area contributed by atoms with Gasteiger partial charge in [-0.25, -0.2) is 14.8 Å². The summed E-state index contributed by atoms with van der Waals surface area (Å²) < 4.78 is 18.9. The summed E-state index contributed by atoms with van der Waals surface area (Å²) in [5.41, 5.74) is 2.65. The number of fused-ring (bicyclic) bond motifs is 2. The predicted molar refractivity (Wildman–Crippen MR) is 132 cm³/mol. The Hall–Kier alpha value is -4.60. The first-order chi connectivity index (χ1) is 16.9. The lowest BCUT2D eigenvalue weighted by Gasteiger charge is -2.16. The summed E-state index contributed by atoms with van der Waals surface area (Å²) in [4.78, 5) is 38.5. The minimum absolute atomic E-state index is 0.252. The number of rotatable bonds is 5. The van der Waals surface area contributed by atoms with Gasteiger partial charge in [0.1, 0.15) is 11.5 Å². The van der Waals surface area contributed by atoms with E-state index in [1.165, 1.54) is 32.9 Å². The number of aromatic nitrogens is 5. The minimum atomic E-state index is -0.470. The summed E-state index contributed by atoms with van der Waals surface area (Å²) in [6, 6.07) is 12.9. The number of hydrogen-bond donors (Lipinski definition) is 1. The second kappa shape index (κ2) is 8.32. The number of aryl methyl sites for hydroxylation is 1.